The molecule has 1 amide bonds. The molecule has 0 aliphatic carbocycles. The van der Waals surface area contributed by atoms with Crippen molar-refractivity contribution >= 4 is 5.91 Å². The van der Waals surface area contributed by atoms with Crippen LogP contribution in [0.3, 0.4) is 0 Å². The molecule has 1 atom stereocenters. The lowest BCUT2D eigenvalue weighted by atomic mass is 9.92. The van der Waals surface area contributed by atoms with Crippen LogP contribution in [0.25, 0.3) is 0 Å². The van der Waals surface area contributed by atoms with Crippen LogP contribution in [0.4, 0.5) is 0 Å². The number of rotatable bonds is 6. The fourth-order valence-electron chi connectivity index (χ4n) is 3.07. The monoisotopic (exact) mass is 304 g/mol. The molecule has 5 heteroatoms. The van der Waals surface area contributed by atoms with Crippen molar-refractivity contribution in [3.63, 3.8) is 0 Å². The van der Waals surface area contributed by atoms with Gasteiger partial charge in [-0.2, -0.15) is 0 Å². The quantitative estimate of drug-likeness (QED) is 0.874. The summed E-state index contributed by atoms with van der Waals surface area (Å²) in [6.45, 7) is 8.73. The first kappa shape index (κ1) is 16.9. The minimum atomic E-state index is 0.0972. The van der Waals surface area contributed by atoms with Crippen molar-refractivity contribution in [1.29, 1.82) is 0 Å². The molecular weight excluding hydrogens is 276 g/mol. The molecule has 0 unspecified atom stereocenters. The highest BCUT2D eigenvalue weighted by atomic mass is 16.1. The zero-order valence-electron chi connectivity index (χ0n) is 14.0. The molecule has 1 aromatic heterocycles. The van der Waals surface area contributed by atoms with Crippen LogP contribution in [0.5, 0.6) is 0 Å². The highest BCUT2D eigenvalue weighted by Gasteiger charge is 2.23. The van der Waals surface area contributed by atoms with E-state index < -0.39 is 0 Å². The zero-order valence-corrected chi connectivity index (χ0v) is 14.0. The molecule has 22 heavy (non-hydrogen) atoms. The number of likely N-dealkylation sites (tertiary alicyclic amines) is 1. The highest BCUT2D eigenvalue weighted by Crippen LogP contribution is 2.21. The highest BCUT2D eigenvalue weighted by molar-refractivity contribution is 5.76. The van der Waals surface area contributed by atoms with Gasteiger partial charge in [0, 0.05) is 43.5 Å². The van der Waals surface area contributed by atoms with E-state index in [1.54, 1.807) is 18.6 Å². The lowest BCUT2D eigenvalue weighted by Gasteiger charge is -2.34. The second-order valence-electron chi connectivity index (χ2n) is 6.65. The lowest BCUT2D eigenvalue weighted by molar-refractivity contribution is -0.123. The fraction of sp³-hybridized carbons (Fsp3) is 0.706. The number of nitrogens with one attached hydrogen (secondary N) is 1. The number of hydrogen-bond acceptors (Lipinski definition) is 4. The summed E-state index contributed by atoms with van der Waals surface area (Å²) in [5, 5.41) is 3.09. The SMILES string of the molecule is CC(C)N1CCC(CC(=O)N[C@@H](C)Cc2cnccn2)CC1. The number of amides is 1. The summed E-state index contributed by atoms with van der Waals surface area (Å²) in [4.78, 5) is 23.0. The number of piperidine rings is 1. The van der Waals surface area contributed by atoms with E-state index in [4.69, 9.17) is 0 Å². The van der Waals surface area contributed by atoms with Crippen molar-refractivity contribution in [2.75, 3.05) is 13.1 Å². The molecule has 1 fully saturated rings. The van der Waals surface area contributed by atoms with E-state index in [2.05, 4.69) is 34.0 Å². The maximum absolute atomic E-state index is 12.2. The molecule has 0 spiro atoms. The van der Waals surface area contributed by atoms with Crippen LogP contribution in [0.1, 0.15) is 45.7 Å². The molecule has 1 N–H and O–H groups in total. The predicted molar refractivity (Wildman–Crippen MR) is 87.4 cm³/mol. The molecule has 1 aliphatic heterocycles. The Kier molecular flexibility index (Phi) is 6.31. The molecule has 1 saturated heterocycles. The van der Waals surface area contributed by atoms with E-state index >= 15 is 0 Å². The van der Waals surface area contributed by atoms with Crippen molar-refractivity contribution in [2.24, 2.45) is 5.92 Å². The van der Waals surface area contributed by atoms with Crippen molar-refractivity contribution in [1.82, 2.24) is 20.2 Å². The Morgan fingerprint density at radius 2 is 2.05 bits per heavy atom. The van der Waals surface area contributed by atoms with E-state index in [0.29, 0.717) is 18.4 Å². The van der Waals surface area contributed by atoms with Gasteiger partial charge in [-0.15, -0.1) is 0 Å². The van der Waals surface area contributed by atoms with Gasteiger partial charge in [-0.25, -0.2) is 0 Å². The van der Waals surface area contributed by atoms with Crippen LogP contribution >= 0.6 is 0 Å². The van der Waals surface area contributed by atoms with Crippen LogP contribution in [0.2, 0.25) is 0 Å². The Labute approximate surface area is 133 Å². The Balaban J connectivity index is 1.69. The third-order valence-corrected chi connectivity index (χ3v) is 4.39. The molecule has 0 aromatic carbocycles. The summed E-state index contributed by atoms with van der Waals surface area (Å²) in [5.74, 6) is 0.693. The van der Waals surface area contributed by atoms with E-state index in [1.807, 2.05) is 6.92 Å². The first-order valence-corrected chi connectivity index (χ1v) is 8.33. The summed E-state index contributed by atoms with van der Waals surface area (Å²) in [6.07, 6.45) is 8.74. The third-order valence-electron chi connectivity index (χ3n) is 4.39. The van der Waals surface area contributed by atoms with Gasteiger partial charge in [0.05, 0.1) is 5.69 Å². The van der Waals surface area contributed by atoms with Gasteiger partial charge in [-0.1, -0.05) is 0 Å². The summed E-state index contributed by atoms with van der Waals surface area (Å²) >= 11 is 0. The first-order chi connectivity index (χ1) is 10.5. The average molecular weight is 304 g/mol. The van der Waals surface area contributed by atoms with Crippen molar-refractivity contribution in [3.05, 3.63) is 24.3 Å². The average Bonchev–Trinajstić information content (AvgIpc) is 2.48. The van der Waals surface area contributed by atoms with Crippen LogP contribution in [0.15, 0.2) is 18.6 Å². The molecule has 2 rings (SSSR count). The molecular formula is C17H28N4O. The van der Waals surface area contributed by atoms with E-state index in [9.17, 15) is 4.79 Å². The minimum absolute atomic E-state index is 0.0972. The summed E-state index contributed by atoms with van der Waals surface area (Å²) in [7, 11) is 0. The topological polar surface area (TPSA) is 58.1 Å². The van der Waals surface area contributed by atoms with Crippen molar-refractivity contribution in [3.8, 4) is 0 Å². The van der Waals surface area contributed by atoms with Gasteiger partial charge in [-0.3, -0.25) is 14.8 Å². The van der Waals surface area contributed by atoms with Crippen LogP contribution in [-0.2, 0) is 11.2 Å². The first-order valence-electron chi connectivity index (χ1n) is 8.33. The lowest BCUT2D eigenvalue weighted by Crippen LogP contribution is -2.40. The number of nitrogens with zero attached hydrogens (tertiary/aromatic N) is 3. The minimum Gasteiger partial charge on any atom is -0.353 e. The van der Waals surface area contributed by atoms with E-state index in [-0.39, 0.29) is 11.9 Å². The van der Waals surface area contributed by atoms with E-state index in [1.165, 1.54) is 0 Å². The summed E-state index contributed by atoms with van der Waals surface area (Å²) < 4.78 is 0. The number of carbonyl (C=O) groups is 1. The largest absolute Gasteiger partial charge is 0.353 e. The van der Waals surface area contributed by atoms with Crippen molar-refractivity contribution < 1.29 is 4.79 Å². The summed E-state index contributed by atoms with van der Waals surface area (Å²) in [6, 6.07) is 0.710. The second kappa shape index (κ2) is 8.22. The molecule has 0 radical (unpaired) electrons. The molecule has 5 nitrogen and oxygen atoms in total. The van der Waals surface area contributed by atoms with Crippen LogP contribution < -0.4 is 5.32 Å². The van der Waals surface area contributed by atoms with Crippen LogP contribution in [0, 0.1) is 5.92 Å². The maximum atomic E-state index is 12.2. The second-order valence-corrected chi connectivity index (χ2v) is 6.65. The fourth-order valence-corrected chi connectivity index (χ4v) is 3.07. The molecule has 1 aliphatic rings. The summed E-state index contributed by atoms with van der Waals surface area (Å²) in [5.41, 5.74) is 0.917. The third kappa shape index (κ3) is 5.37. The Hall–Kier alpha value is -1.49. The normalized spacial score (nSPS) is 18.4. The predicted octanol–water partition coefficient (Wildman–Crippen LogP) is 2.03. The van der Waals surface area contributed by atoms with Gasteiger partial charge >= 0.3 is 0 Å². The number of hydrogen-bond donors (Lipinski definition) is 1. The van der Waals surface area contributed by atoms with Gasteiger partial charge in [0.15, 0.2) is 0 Å². The Morgan fingerprint density at radius 1 is 1.32 bits per heavy atom. The van der Waals surface area contributed by atoms with Crippen LogP contribution in [-0.4, -0.2) is 45.9 Å². The van der Waals surface area contributed by atoms with Gasteiger partial charge in [-0.05, 0) is 52.6 Å². The van der Waals surface area contributed by atoms with E-state index in [0.717, 1.165) is 38.0 Å². The standard InChI is InChI=1S/C17H28N4O/c1-13(2)21-8-4-15(5-9-21)11-17(22)20-14(3)10-16-12-18-6-7-19-16/h6-7,12-15H,4-5,8-11H2,1-3H3,(H,20,22)/t14-/m0/s1. The molecule has 0 bridgehead atoms. The molecule has 2 heterocycles. The van der Waals surface area contributed by atoms with Gasteiger partial charge in [0.25, 0.3) is 0 Å². The molecule has 1 aromatic rings. The Morgan fingerprint density at radius 3 is 2.64 bits per heavy atom. The van der Waals surface area contributed by atoms with Gasteiger partial charge in [0.1, 0.15) is 0 Å². The maximum Gasteiger partial charge on any atom is 0.220 e. The smallest absolute Gasteiger partial charge is 0.220 e. The Bertz CT molecular complexity index is 455. The zero-order chi connectivity index (χ0) is 15.9. The molecule has 122 valence electrons. The van der Waals surface area contributed by atoms with Gasteiger partial charge < -0.3 is 10.2 Å². The van der Waals surface area contributed by atoms with Gasteiger partial charge in [0.2, 0.25) is 5.91 Å². The van der Waals surface area contributed by atoms with Crippen molar-refractivity contribution in [2.45, 2.75) is 58.5 Å². The number of carbonyl (C=O) groups excluding carboxylic acids is 1. The molecule has 0 saturated carbocycles. The number of aromatic nitrogens is 2.